The number of hydrogen-bond acceptors (Lipinski definition) is 8. The summed E-state index contributed by atoms with van der Waals surface area (Å²) in [6, 6.07) is 0. The quantitative estimate of drug-likeness (QED) is 0.176. The largest absolute Gasteiger partial charge is 0.481 e. The molecular weight excluding hydrogens is 544 g/mol. The van der Waals surface area contributed by atoms with Crippen molar-refractivity contribution in [1.82, 2.24) is 0 Å². The number of carbonyl (C=O) groups is 5. The van der Waals surface area contributed by atoms with E-state index >= 15 is 0 Å². The number of ketones is 2. The molecule has 3 aliphatic carbocycles. The maximum Gasteiger partial charge on any atom is 0.313 e. The van der Waals surface area contributed by atoms with Crippen LogP contribution in [0.2, 0.25) is 0 Å². The highest BCUT2D eigenvalue weighted by Gasteiger charge is 2.74. The molecule has 234 valence electrons. The molecule has 8 atom stereocenters. The first kappa shape index (κ1) is 33.6. The number of fused-ring (bicyclic) bond motifs is 3. The zero-order valence-corrected chi connectivity index (χ0v) is 26.1. The summed E-state index contributed by atoms with van der Waals surface area (Å²) >= 11 is 0. The van der Waals surface area contributed by atoms with Gasteiger partial charge in [0.15, 0.2) is 5.78 Å². The van der Waals surface area contributed by atoms with Crippen molar-refractivity contribution in [2.24, 2.45) is 39.4 Å². The van der Waals surface area contributed by atoms with Crippen molar-refractivity contribution in [3.63, 3.8) is 0 Å². The molecule has 3 aliphatic rings. The van der Waals surface area contributed by atoms with E-state index < -0.39 is 86.8 Å². The summed E-state index contributed by atoms with van der Waals surface area (Å²) in [4.78, 5) is 63.5. The number of rotatable bonds is 9. The molecule has 2 fully saturated rings. The lowest BCUT2D eigenvalue weighted by atomic mass is 9.39. The molecule has 0 spiro atoms. The van der Waals surface area contributed by atoms with Gasteiger partial charge in [0.05, 0.1) is 17.9 Å². The summed E-state index contributed by atoms with van der Waals surface area (Å²) in [5, 5.41) is 43.1. The van der Waals surface area contributed by atoms with Gasteiger partial charge >= 0.3 is 17.9 Å². The second kappa shape index (κ2) is 10.4. The van der Waals surface area contributed by atoms with E-state index in [1.165, 1.54) is 33.8 Å². The monoisotopic (exact) mass is 590 g/mol. The SMILES string of the molecule is CC(=O)OC(C)(C)/C=C/C(=O)[C@@](C)(O)[C@H]1[C@H](O)C[C@@]2(C)[C@H]3CC=C(C(C)(C)C(=O)O)[C@H](CC(=O)O)[C@]3(C)C(=O)C[C@]12C. The molecule has 3 rings (SSSR count). The Bertz CT molecular complexity index is 1260. The summed E-state index contributed by atoms with van der Waals surface area (Å²) in [5.74, 6) is -6.23. The first-order chi connectivity index (χ1) is 18.9. The summed E-state index contributed by atoms with van der Waals surface area (Å²) < 4.78 is 5.20. The summed E-state index contributed by atoms with van der Waals surface area (Å²) in [5.41, 5.74) is -7.36. The topological polar surface area (TPSA) is 176 Å². The minimum Gasteiger partial charge on any atom is -0.481 e. The molecule has 0 amide bonds. The minimum absolute atomic E-state index is 0.138. The lowest BCUT2D eigenvalue weighted by Gasteiger charge is -2.63. The third-order valence-electron chi connectivity index (χ3n) is 11.1. The molecule has 10 heteroatoms. The van der Waals surface area contributed by atoms with Crippen molar-refractivity contribution >= 4 is 29.5 Å². The number of aliphatic hydroxyl groups excluding tert-OH is 1. The molecule has 2 saturated carbocycles. The number of hydrogen-bond donors (Lipinski definition) is 4. The van der Waals surface area contributed by atoms with Gasteiger partial charge in [-0.15, -0.1) is 0 Å². The number of carboxylic acids is 2. The molecule has 10 nitrogen and oxygen atoms in total. The first-order valence-electron chi connectivity index (χ1n) is 14.4. The van der Waals surface area contributed by atoms with E-state index in [-0.39, 0.29) is 25.0 Å². The Hall–Kier alpha value is -2.85. The zero-order valence-electron chi connectivity index (χ0n) is 26.1. The molecule has 0 unspecified atom stereocenters. The van der Waals surface area contributed by atoms with Crippen molar-refractivity contribution in [3.05, 3.63) is 23.8 Å². The van der Waals surface area contributed by atoms with Crippen LogP contribution in [0.15, 0.2) is 23.8 Å². The van der Waals surface area contributed by atoms with E-state index in [0.29, 0.717) is 5.57 Å². The normalized spacial score (nSPS) is 36.5. The number of allylic oxidation sites excluding steroid dienone is 1. The number of aliphatic hydroxyl groups is 2. The first-order valence-corrected chi connectivity index (χ1v) is 14.4. The van der Waals surface area contributed by atoms with Crippen LogP contribution >= 0.6 is 0 Å². The standard InChI is InChI=1S/C32H46O10/c1-17(33)42-27(2,3)13-12-22(35)32(9,41)25-20(34)15-29(6)21-11-10-18(28(4,5)26(39)40)19(14-24(37)38)31(21,8)23(36)16-30(25,29)7/h10,12-13,19-21,25,34,41H,11,14-16H2,1-9H3,(H,37,38)(H,39,40)/b13-12+/t19-,20+,21+,25-,29-,30+,31-,32+/m0/s1. The number of Topliss-reactive ketones (excluding diaryl/α,β-unsaturated/α-hetero) is 1. The molecule has 0 saturated heterocycles. The fourth-order valence-electron chi connectivity index (χ4n) is 8.76. The van der Waals surface area contributed by atoms with Crippen LogP contribution in [0, 0.1) is 39.4 Å². The van der Waals surface area contributed by atoms with Gasteiger partial charge in [0.1, 0.15) is 17.0 Å². The number of ether oxygens (including phenoxy) is 1. The predicted octanol–water partition coefficient (Wildman–Crippen LogP) is 3.72. The van der Waals surface area contributed by atoms with Crippen molar-refractivity contribution in [2.75, 3.05) is 0 Å². The van der Waals surface area contributed by atoms with Crippen LogP contribution in [-0.2, 0) is 28.7 Å². The molecule has 0 heterocycles. The maximum absolute atomic E-state index is 14.3. The van der Waals surface area contributed by atoms with E-state index in [9.17, 15) is 44.4 Å². The highest BCUT2D eigenvalue weighted by molar-refractivity contribution is 5.97. The Morgan fingerprint density at radius 1 is 1.05 bits per heavy atom. The van der Waals surface area contributed by atoms with Gasteiger partial charge in [-0.2, -0.15) is 0 Å². The van der Waals surface area contributed by atoms with Crippen LogP contribution in [0.4, 0.5) is 0 Å². The van der Waals surface area contributed by atoms with Gasteiger partial charge in [0, 0.05) is 30.6 Å². The van der Waals surface area contributed by atoms with Crippen molar-refractivity contribution < 1.29 is 49.1 Å². The maximum atomic E-state index is 14.3. The Morgan fingerprint density at radius 2 is 1.62 bits per heavy atom. The van der Waals surface area contributed by atoms with Crippen LogP contribution in [0.25, 0.3) is 0 Å². The Balaban J connectivity index is 2.12. The van der Waals surface area contributed by atoms with E-state index in [4.69, 9.17) is 4.74 Å². The fourth-order valence-corrected chi connectivity index (χ4v) is 8.76. The number of carboxylic acid groups (broad SMARTS) is 2. The Labute approximate surface area is 247 Å². The molecule has 4 N–H and O–H groups in total. The lowest BCUT2D eigenvalue weighted by molar-refractivity contribution is -0.182. The number of carbonyl (C=O) groups excluding carboxylic acids is 3. The second-order valence-corrected chi connectivity index (χ2v) is 14.5. The molecule has 0 aromatic heterocycles. The van der Waals surface area contributed by atoms with Crippen LogP contribution in [0.5, 0.6) is 0 Å². The molecule has 0 bridgehead atoms. The zero-order chi connectivity index (χ0) is 32.4. The van der Waals surface area contributed by atoms with Gasteiger partial charge in [-0.05, 0) is 76.4 Å². The summed E-state index contributed by atoms with van der Waals surface area (Å²) in [7, 11) is 0. The number of esters is 1. The summed E-state index contributed by atoms with van der Waals surface area (Å²) in [6.45, 7) is 14.2. The highest BCUT2D eigenvalue weighted by Crippen LogP contribution is 2.73. The van der Waals surface area contributed by atoms with Gasteiger partial charge in [-0.25, -0.2) is 0 Å². The van der Waals surface area contributed by atoms with E-state index in [1.807, 2.05) is 6.92 Å². The lowest BCUT2D eigenvalue weighted by Crippen LogP contribution is -2.64. The van der Waals surface area contributed by atoms with Gasteiger partial charge in [0.25, 0.3) is 0 Å². The van der Waals surface area contributed by atoms with Crippen LogP contribution in [0.1, 0.15) is 88.0 Å². The second-order valence-electron chi connectivity index (χ2n) is 14.5. The third-order valence-corrected chi connectivity index (χ3v) is 11.1. The Kier molecular flexibility index (Phi) is 8.33. The van der Waals surface area contributed by atoms with Crippen molar-refractivity contribution in [1.29, 1.82) is 0 Å². The van der Waals surface area contributed by atoms with Gasteiger partial charge in [0.2, 0.25) is 0 Å². The van der Waals surface area contributed by atoms with Crippen molar-refractivity contribution in [2.45, 2.75) is 105 Å². The van der Waals surface area contributed by atoms with Crippen LogP contribution < -0.4 is 0 Å². The third kappa shape index (κ3) is 5.04. The average Bonchev–Trinajstić information content (AvgIpc) is 3.02. The van der Waals surface area contributed by atoms with Gasteiger partial charge in [-0.3, -0.25) is 24.0 Å². The van der Waals surface area contributed by atoms with E-state index in [2.05, 4.69) is 0 Å². The molecule has 0 aliphatic heterocycles. The van der Waals surface area contributed by atoms with Crippen LogP contribution in [-0.4, -0.2) is 67.2 Å². The predicted molar refractivity (Wildman–Crippen MR) is 152 cm³/mol. The molecule has 0 aromatic rings. The Morgan fingerprint density at radius 3 is 2.12 bits per heavy atom. The highest BCUT2D eigenvalue weighted by atomic mass is 16.6. The average molecular weight is 591 g/mol. The molecular formula is C32H46O10. The van der Waals surface area contributed by atoms with Gasteiger partial charge in [-0.1, -0.05) is 32.4 Å². The minimum atomic E-state index is -2.09. The summed E-state index contributed by atoms with van der Waals surface area (Å²) in [6.07, 6.45) is 2.95. The number of aliphatic carboxylic acids is 2. The van der Waals surface area contributed by atoms with Gasteiger partial charge < -0.3 is 25.2 Å². The molecule has 42 heavy (non-hydrogen) atoms. The van der Waals surface area contributed by atoms with Crippen LogP contribution in [0.3, 0.4) is 0 Å². The van der Waals surface area contributed by atoms with E-state index in [1.54, 1.807) is 33.8 Å². The van der Waals surface area contributed by atoms with Crippen molar-refractivity contribution in [3.8, 4) is 0 Å². The fraction of sp³-hybridized carbons (Fsp3) is 0.719. The molecule has 0 radical (unpaired) electrons. The van der Waals surface area contributed by atoms with E-state index in [0.717, 1.165) is 6.08 Å². The molecule has 0 aromatic carbocycles. The smallest absolute Gasteiger partial charge is 0.313 e.